The van der Waals surface area contributed by atoms with Crippen molar-refractivity contribution in [3.8, 4) is 5.75 Å². The first-order valence-electron chi connectivity index (χ1n) is 10.8. The Labute approximate surface area is 187 Å². The fourth-order valence-corrected chi connectivity index (χ4v) is 4.03. The van der Waals surface area contributed by atoms with Crippen LogP contribution in [0.25, 0.3) is 0 Å². The highest BCUT2D eigenvalue weighted by atomic mass is 19.1. The van der Waals surface area contributed by atoms with Gasteiger partial charge < -0.3 is 14.2 Å². The van der Waals surface area contributed by atoms with Crippen molar-refractivity contribution in [2.24, 2.45) is 0 Å². The molecule has 0 bridgehead atoms. The molecule has 7 heteroatoms. The molecule has 32 heavy (non-hydrogen) atoms. The van der Waals surface area contributed by atoms with Gasteiger partial charge >= 0.3 is 0 Å². The molecule has 1 fully saturated rings. The van der Waals surface area contributed by atoms with Gasteiger partial charge in [0.05, 0.1) is 5.56 Å². The molecule has 6 nitrogen and oxygen atoms in total. The van der Waals surface area contributed by atoms with Gasteiger partial charge in [-0.2, -0.15) is 0 Å². The lowest BCUT2D eigenvalue weighted by Gasteiger charge is -2.34. The normalized spacial score (nSPS) is 14.6. The van der Waals surface area contributed by atoms with Gasteiger partial charge in [0.2, 0.25) is 0 Å². The fraction of sp³-hybridized carbons (Fsp3) is 0.360. The fourth-order valence-electron chi connectivity index (χ4n) is 4.03. The van der Waals surface area contributed by atoms with Crippen LogP contribution >= 0.6 is 0 Å². The van der Waals surface area contributed by atoms with Gasteiger partial charge in [0, 0.05) is 38.3 Å². The summed E-state index contributed by atoms with van der Waals surface area (Å²) in [5.41, 5.74) is 3.73. The van der Waals surface area contributed by atoms with Crippen molar-refractivity contribution >= 4 is 5.91 Å². The lowest BCUT2D eigenvalue weighted by molar-refractivity contribution is 0.0615. The SMILES string of the molecule is Cc1cccc(C)c1OCc1c(C(=O)N2CCN(Cc3ccccc3F)CC2)noc1C. The molecule has 3 aromatic rings. The van der Waals surface area contributed by atoms with Crippen LogP contribution in [0.3, 0.4) is 0 Å². The first-order chi connectivity index (χ1) is 15.4. The summed E-state index contributed by atoms with van der Waals surface area (Å²) in [6.07, 6.45) is 0. The van der Waals surface area contributed by atoms with Gasteiger partial charge in [-0.15, -0.1) is 0 Å². The second kappa shape index (κ2) is 9.53. The zero-order chi connectivity index (χ0) is 22.7. The molecule has 0 aliphatic carbocycles. The van der Waals surface area contributed by atoms with Gasteiger partial charge in [-0.3, -0.25) is 9.69 Å². The Morgan fingerprint density at radius 1 is 1.03 bits per heavy atom. The number of nitrogens with zero attached hydrogens (tertiary/aromatic N) is 3. The summed E-state index contributed by atoms with van der Waals surface area (Å²) in [4.78, 5) is 17.1. The zero-order valence-electron chi connectivity index (χ0n) is 18.7. The van der Waals surface area contributed by atoms with E-state index in [4.69, 9.17) is 9.26 Å². The second-order valence-electron chi connectivity index (χ2n) is 8.24. The van der Waals surface area contributed by atoms with Crippen LogP contribution in [-0.4, -0.2) is 47.0 Å². The van der Waals surface area contributed by atoms with Crippen molar-refractivity contribution in [3.05, 3.63) is 82.0 Å². The summed E-state index contributed by atoms with van der Waals surface area (Å²) in [6.45, 7) is 8.98. The van der Waals surface area contributed by atoms with Crippen LogP contribution in [0.5, 0.6) is 5.75 Å². The maximum atomic E-state index is 13.9. The number of para-hydroxylation sites is 1. The van der Waals surface area contributed by atoms with E-state index in [1.54, 1.807) is 24.0 Å². The van der Waals surface area contributed by atoms with Crippen LogP contribution in [-0.2, 0) is 13.2 Å². The second-order valence-corrected chi connectivity index (χ2v) is 8.24. The van der Waals surface area contributed by atoms with E-state index in [9.17, 15) is 9.18 Å². The highest BCUT2D eigenvalue weighted by Gasteiger charge is 2.28. The first-order valence-corrected chi connectivity index (χ1v) is 10.8. The molecule has 0 saturated carbocycles. The van der Waals surface area contributed by atoms with E-state index in [0.29, 0.717) is 55.3 Å². The largest absolute Gasteiger partial charge is 0.488 e. The number of aromatic nitrogens is 1. The number of benzene rings is 2. The Kier molecular flexibility index (Phi) is 6.55. The molecule has 4 rings (SSSR count). The number of aryl methyl sites for hydroxylation is 3. The summed E-state index contributed by atoms with van der Waals surface area (Å²) >= 11 is 0. The van der Waals surface area contributed by atoms with E-state index in [0.717, 1.165) is 16.9 Å². The topological polar surface area (TPSA) is 58.8 Å². The Morgan fingerprint density at radius 2 is 1.72 bits per heavy atom. The molecule has 0 N–H and O–H groups in total. The number of amides is 1. The van der Waals surface area contributed by atoms with E-state index in [-0.39, 0.29) is 18.3 Å². The van der Waals surface area contributed by atoms with Crippen LogP contribution in [0.15, 0.2) is 47.0 Å². The summed E-state index contributed by atoms with van der Waals surface area (Å²) < 4.78 is 25.3. The number of carbonyl (C=O) groups excluding carboxylic acids is 1. The number of piperazine rings is 1. The van der Waals surface area contributed by atoms with Crippen LogP contribution < -0.4 is 4.74 Å². The minimum atomic E-state index is -0.197. The predicted molar refractivity (Wildman–Crippen MR) is 119 cm³/mol. The smallest absolute Gasteiger partial charge is 0.276 e. The summed E-state index contributed by atoms with van der Waals surface area (Å²) in [5.74, 6) is 1.04. The number of rotatable bonds is 6. The van der Waals surface area contributed by atoms with E-state index >= 15 is 0 Å². The molecule has 2 aromatic carbocycles. The van der Waals surface area contributed by atoms with E-state index < -0.39 is 0 Å². The lowest BCUT2D eigenvalue weighted by Crippen LogP contribution is -2.48. The minimum Gasteiger partial charge on any atom is -0.488 e. The zero-order valence-corrected chi connectivity index (χ0v) is 18.7. The third-order valence-electron chi connectivity index (χ3n) is 5.97. The van der Waals surface area contributed by atoms with Crippen LogP contribution in [0.1, 0.15) is 38.5 Å². The first kappa shape index (κ1) is 22.0. The van der Waals surface area contributed by atoms with Gasteiger partial charge in [-0.1, -0.05) is 41.6 Å². The Morgan fingerprint density at radius 3 is 2.41 bits per heavy atom. The monoisotopic (exact) mass is 437 g/mol. The third kappa shape index (κ3) is 4.67. The molecular weight excluding hydrogens is 409 g/mol. The summed E-state index contributed by atoms with van der Waals surface area (Å²) in [5, 5.41) is 4.04. The summed E-state index contributed by atoms with van der Waals surface area (Å²) in [7, 11) is 0. The van der Waals surface area contributed by atoms with Crippen molar-refractivity contribution in [1.82, 2.24) is 15.0 Å². The van der Waals surface area contributed by atoms with Crippen molar-refractivity contribution in [2.75, 3.05) is 26.2 Å². The molecule has 1 aliphatic heterocycles. The van der Waals surface area contributed by atoms with Crippen LogP contribution in [0, 0.1) is 26.6 Å². The predicted octanol–water partition coefficient (Wildman–Crippen LogP) is 4.28. The van der Waals surface area contributed by atoms with Gasteiger partial charge in [-0.25, -0.2) is 4.39 Å². The molecular formula is C25H28FN3O3. The van der Waals surface area contributed by atoms with Gasteiger partial charge in [0.1, 0.15) is 23.9 Å². The highest BCUT2D eigenvalue weighted by molar-refractivity contribution is 5.93. The molecule has 1 aromatic heterocycles. The van der Waals surface area contributed by atoms with Crippen molar-refractivity contribution < 1.29 is 18.4 Å². The summed E-state index contributed by atoms with van der Waals surface area (Å²) in [6, 6.07) is 12.8. The van der Waals surface area contributed by atoms with E-state index in [1.165, 1.54) is 6.07 Å². The molecule has 1 amide bonds. The Bertz CT molecular complexity index is 1080. The van der Waals surface area contributed by atoms with Gasteiger partial charge in [0.15, 0.2) is 5.69 Å². The number of halogens is 1. The van der Waals surface area contributed by atoms with Crippen molar-refractivity contribution in [3.63, 3.8) is 0 Å². The van der Waals surface area contributed by atoms with E-state index in [2.05, 4.69) is 10.1 Å². The molecule has 0 unspecified atom stereocenters. The van der Waals surface area contributed by atoms with Crippen LogP contribution in [0.4, 0.5) is 4.39 Å². The van der Waals surface area contributed by atoms with E-state index in [1.807, 2.05) is 38.1 Å². The Hall–Kier alpha value is -3.19. The number of hydrogen-bond donors (Lipinski definition) is 0. The maximum absolute atomic E-state index is 13.9. The standard InChI is InChI=1S/C25H28FN3O3/c1-17-7-6-8-18(2)24(17)31-16-21-19(3)32-27-23(21)25(30)29-13-11-28(12-14-29)15-20-9-4-5-10-22(20)26/h4-10H,11-16H2,1-3H3. The molecule has 1 aliphatic rings. The molecule has 168 valence electrons. The number of carbonyl (C=O) groups is 1. The molecule has 0 radical (unpaired) electrons. The minimum absolute atomic E-state index is 0.160. The number of hydrogen-bond acceptors (Lipinski definition) is 5. The third-order valence-corrected chi connectivity index (χ3v) is 5.97. The average molecular weight is 438 g/mol. The van der Waals surface area contributed by atoms with Gasteiger partial charge in [0.25, 0.3) is 5.91 Å². The van der Waals surface area contributed by atoms with Crippen molar-refractivity contribution in [2.45, 2.75) is 33.9 Å². The molecule has 2 heterocycles. The molecule has 0 spiro atoms. The average Bonchev–Trinajstić information content (AvgIpc) is 3.15. The molecule has 0 atom stereocenters. The molecule has 1 saturated heterocycles. The lowest BCUT2D eigenvalue weighted by atomic mass is 10.1. The quantitative estimate of drug-likeness (QED) is 0.576. The maximum Gasteiger partial charge on any atom is 0.276 e. The highest BCUT2D eigenvalue weighted by Crippen LogP contribution is 2.25. The van der Waals surface area contributed by atoms with Gasteiger partial charge in [-0.05, 0) is 38.0 Å². The van der Waals surface area contributed by atoms with Crippen LogP contribution in [0.2, 0.25) is 0 Å². The van der Waals surface area contributed by atoms with Crippen molar-refractivity contribution in [1.29, 1.82) is 0 Å². The number of ether oxygens (including phenoxy) is 1. The Balaban J connectivity index is 1.40.